The summed E-state index contributed by atoms with van der Waals surface area (Å²) in [6.07, 6.45) is -0.965. The van der Waals surface area contributed by atoms with Crippen molar-refractivity contribution in [3.63, 3.8) is 0 Å². The number of hydrogen-bond donors (Lipinski definition) is 7. The Bertz CT molecular complexity index is 2110. The van der Waals surface area contributed by atoms with Gasteiger partial charge in [-0.05, 0) is 54.9 Å². The molecule has 6 amide bonds. The molecule has 9 N–H and O–H groups in total. The topological polar surface area (TPSA) is 255 Å². The van der Waals surface area contributed by atoms with Gasteiger partial charge in [0, 0.05) is 30.1 Å². The van der Waals surface area contributed by atoms with Crippen LogP contribution < -0.4 is 38.1 Å². The Hall–Kier alpha value is -6.98. The first-order valence-corrected chi connectivity index (χ1v) is 20.7. The maximum atomic E-state index is 13.6. The zero-order valence-corrected chi connectivity index (χ0v) is 35.4. The van der Waals surface area contributed by atoms with Crippen LogP contribution in [0.25, 0.3) is 0 Å². The number of carbonyl (C=O) groups is 6. The molecular formula is C45H53ClN8O9. The second-order valence-corrected chi connectivity index (χ2v) is 14.6. The average Bonchev–Trinajstić information content (AvgIpc) is 3.28. The number of primary amides is 1. The first kappa shape index (κ1) is 48.7. The SMILES string of the molecule is NC(=O)[C@H](CCCCNC(=O)OCc1ccccc1Cl)NC(=O)[C@H](Cc1ccccc1)NC(=O)[C@H](N)CCCN/C(=N\C(=O)OCc1ccccc1)NC(=O)OCc1ccccc1. The molecule has 0 unspecified atom stereocenters. The standard InChI is InChI=1S/C45H53ClN8O9/c46-35-22-11-10-21-34(35)30-63-43(58)50-25-13-12-24-37(39(48)55)51-41(57)38(27-31-15-4-1-5-16-31)52-40(56)36(47)23-14-26-49-42(53-44(59)61-28-32-17-6-2-7-18-32)54-45(60)62-29-33-19-8-3-9-20-33/h1-11,15-22,36-38H,12-14,23-30,47H2,(H2,48,55)(H,50,58)(H,51,57)(H,52,56)(H2,49,53,54,59,60)/t36-,37+,38+/m1/s1. The maximum absolute atomic E-state index is 13.6. The number of alkyl carbamates (subject to hydrolysis) is 2. The molecule has 3 atom stereocenters. The lowest BCUT2D eigenvalue weighted by molar-refractivity contribution is -0.131. The molecule has 4 aromatic rings. The van der Waals surface area contributed by atoms with Gasteiger partial charge in [0.15, 0.2) is 0 Å². The average molecular weight is 885 g/mol. The Balaban J connectivity index is 1.27. The number of aliphatic imine (C=N–C) groups is 1. The molecule has 17 nitrogen and oxygen atoms in total. The summed E-state index contributed by atoms with van der Waals surface area (Å²) >= 11 is 6.10. The molecule has 0 radical (unpaired) electrons. The Labute approximate surface area is 370 Å². The van der Waals surface area contributed by atoms with Crippen molar-refractivity contribution in [1.29, 1.82) is 0 Å². The first-order chi connectivity index (χ1) is 30.5. The van der Waals surface area contributed by atoms with Gasteiger partial charge in [-0.25, -0.2) is 14.4 Å². The van der Waals surface area contributed by atoms with Crippen LogP contribution in [0.3, 0.4) is 0 Å². The Morgan fingerprint density at radius 2 is 1.14 bits per heavy atom. The van der Waals surface area contributed by atoms with Crippen LogP contribution in [0.4, 0.5) is 14.4 Å². The van der Waals surface area contributed by atoms with E-state index in [0.717, 1.165) is 16.7 Å². The summed E-state index contributed by atoms with van der Waals surface area (Å²) in [7, 11) is 0. The van der Waals surface area contributed by atoms with Gasteiger partial charge in [0.25, 0.3) is 0 Å². The van der Waals surface area contributed by atoms with Crippen LogP contribution in [-0.4, -0.2) is 73.2 Å². The van der Waals surface area contributed by atoms with E-state index in [9.17, 15) is 28.8 Å². The molecule has 0 aliphatic heterocycles. The molecule has 0 spiro atoms. The van der Waals surface area contributed by atoms with Gasteiger partial charge in [-0.1, -0.05) is 121 Å². The molecule has 0 heterocycles. The lowest BCUT2D eigenvalue weighted by Crippen LogP contribution is -2.56. The van der Waals surface area contributed by atoms with Gasteiger partial charge in [0.05, 0.1) is 6.04 Å². The summed E-state index contributed by atoms with van der Waals surface area (Å²) in [5.41, 5.74) is 14.8. The molecule has 4 rings (SSSR count). The fourth-order valence-corrected chi connectivity index (χ4v) is 6.03. The maximum Gasteiger partial charge on any atom is 0.437 e. The highest BCUT2D eigenvalue weighted by molar-refractivity contribution is 6.31. The highest BCUT2D eigenvalue weighted by atomic mass is 35.5. The number of carbonyl (C=O) groups excluding carboxylic acids is 6. The number of halogens is 1. The minimum absolute atomic E-state index is 0.00308. The third-order valence-electron chi connectivity index (χ3n) is 9.24. The van der Waals surface area contributed by atoms with Crippen molar-refractivity contribution in [1.82, 2.24) is 26.6 Å². The first-order valence-electron chi connectivity index (χ1n) is 20.3. The number of guanidine groups is 1. The molecule has 0 aromatic heterocycles. The molecule has 0 aliphatic rings. The summed E-state index contributed by atoms with van der Waals surface area (Å²) < 4.78 is 15.7. The molecule has 334 valence electrons. The molecule has 0 aliphatic carbocycles. The highest BCUT2D eigenvalue weighted by Crippen LogP contribution is 2.16. The predicted molar refractivity (Wildman–Crippen MR) is 236 cm³/mol. The van der Waals surface area contributed by atoms with Gasteiger partial charge in [-0.3, -0.25) is 19.7 Å². The molecule has 0 saturated heterocycles. The van der Waals surface area contributed by atoms with E-state index < -0.39 is 54.1 Å². The fourth-order valence-electron chi connectivity index (χ4n) is 5.84. The van der Waals surface area contributed by atoms with E-state index in [1.807, 2.05) is 18.2 Å². The van der Waals surface area contributed by atoms with Gasteiger partial charge >= 0.3 is 18.3 Å². The summed E-state index contributed by atoms with van der Waals surface area (Å²) in [6, 6.07) is 30.7. The summed E-state index contributed by atoms with van der Waals surface area (Å²) in [6.45, 7) is 0.282. The molecule has 0 bridgehead atoms. The smallest absolute Gasteiger partial charge is 0.437 e. The minimum atomic E-state index is -1.12. The number of nitrogens with zero attached hydrogens (tertiary/aromatic N) is 1. The Morgan fingerprint density at radius 1 is 0.587 bits per heavy atom. The van der Waals surface area contributed by atoms with Gasteiger partial charge in [0.1, 0.15) is 31.9 Å². The monoisotopic (exact) mass is 884 g/mol. The third-order valence-corrected chi connectivity index (χ3v) is 9.61. The van der Waals surface area contributed by atoms with Gasteiger partial charge in [-0.15, -0.1) is 4.99 Å². The fraction of sp³-hybridized carbons (Fsp3) is 0.311. The van der Waals surface area contributed by atoms with E-state index in [2.05, 4.69) is 31.6 Å². The third kappa shape index (κ3) is 19.1. The van der Waals surface area contributed by atoms with Crippen LogP contribution in [0, 0.1) is 0 Å². The second kappa shape index (κ2) is 27.1. The Morgan fingerprint density at radius 3 is 1.78 bits per heavy atom. The number of unbranched alkanes of at least 4 members (excludes halogenated alkanes) is 1. The van der Waals surface area contributed by atoms with Crippen LogP contribution in [0.15, 0.2) is 120 Å². The molecule has 4 aromatic carbocycles. The zero-order valence-electron chi connectivity index (χ0n) is 34.6. The van der Waals surface area contributed by atoms with Crippen molar-refractivity contribution < 1.29 is 43.0 Å². The highest BCUT2D eigenvalue weighted by Gasteiger charge is 2.27. The minimum Gasteiger partial charge on any atom is -0.445 e. The number of hydrogen-bond acceptors (Lipinski definition) is 10. The predicted octanol–water partition coefficient (Wildman–Crippen LogP) is 4.75. The quantitative estimate of drug-likeness (QED) is 0.0245. The number of nitrogens with two attached hydrogens (primary N) is 2. The summed E-state index contributed by atoms with van der Waals surface area (Å²) in [5.74, 6) is -2.28. The Kier molecular flexibility index (Phi) is 20.9. The normalized spacial score (nSPS) is 12.4. The van der Waals surface area contributed by atoms with Gasteiger partial charge in [0.2, 0.25) is 23.7 Å². The van der Waals surface area contributed by atoms with Gasteiger partial charge < -0.3 is 46.9 Å². The van der Waals surface area contributed by atoms with Crippen molar-refractivity contribution in [2.24, 2.45) is 16.5 Å². The molecule has 18 heteroatoms. The van der Waals surface area contributed by atoms with Gasteiger partial charge in [-0.2, -0.15) is 0 Å². The number of rotatable bonds is 22. The van der Waals surface area contributed by atoms with Crippen LogP contribution in [0.1, 0.15) is 54.4 Å². The van der Waals surface area contributed by atoms with E-state index in [1.165, 1.54) is 0 Å². The number of ether oxygens (including phenoxy) is 3. The van der Waals surface area contributed by atoms with Crippen molar-refractivity contribution in [2.75, 3.05) is 13.1 Å². The van der Waals surface area contributed by atoms with Crippen LogP contribution in [0.5, 0.6) is 0 Å². The zero-order chi connectivity index (χ0) is 45.2. The lowest BCUT2D eigenvalue weighted by atomic mass is 10.0. The van der Waals surface area contributed by atoms with Crippen molar-refractivity contribution >= 4 is 53.6 Å². The number of benzene rings is 4. The van der Waals surface area contributed by atoms with E-state index in [-0.39, 0.29) is 64.6 Å². The largest absolute Gasteiger partial charge is 0.445 e. The van der Waals surface area contributed by atoms with Crippen molar-refractivity contribution in [2.45, 2.75) is 76.5 Å². The van der Waals surface area contributed by atoms with E-state index in [0.29, 0.717) is 23.4 Å². The van der Waals surface area contributed by atoms with Crippen molar-refractivity contribution in [3.8, 4) is 0 Å². The molecular weight excluding hydrogens is 832 g/mol. The molecule has 0 fully saturated rings. The van der Waals surface area contributed by atoms with Crippen LogP contribution >= 0.6 is 11.6 Å². The van der Waals surface area contributed by atoms with Crippen LogP contribution in [-0.2, 0) is 54.8 Å². The molecule has 63 heavy (non-hydrogen) atoms. The van der Waals surface area contributed by atoms with E-state index in [4.69, 9.17) is 37.3 Å². The van der Waals surface area contributed by atoms with E-state index in [1.54, 1.807) is 97.1 Å². The van der Waals surface area contributed by atoms with Crippen LogP contribution in [0.2, 0.25) is 5.02 Å². The second-order valence-electron chi connectivity index (χ2n) is 14.2. The number of nitrogens with one attached hydrogen (secondary N) is 5. The lowest BCUT2D eigenvalue weighted by Gasteiger charge is -2.23. The summed E-state index contributed by atoms with van der Waals surface area (Å²) in [4.78, 5) is 80.6. The summed E-state index contributed by atoms with van der Waals surface area (Å²) in [5, 5.41) is 13.7. The number of amides is 6. The molecule has 0 saturated carbocycles. The van der Waals surface area contributed by atoms with Crippen molar-refractivity contribution in [3.05, 3.63) is 143 Å². The van der Waals surface area contributed by atoms with E-state index >= 15 is 0 Å².